The van der Waals surface area contributed by atoms with E-state index in [9.17, 15) is 28.8 Å². The van der Waals surface area contributed by atoms with Crippen molar-refractivity contribution in [1.82, 2.24) is 0 Å². The van der Waals surface area contributed by atoms with Gasteiger partial charge in [-0.2, -0.15) is 0 Å². The van der Waals surface area contributed by atoms with E-state index in [1.807, 2.05) is 0 Å². The largest absolute Gasteiger partial charge is 0.465 e. The molecule has 0 aromatic heterocycles. The fraction of sp³-hybridized carbons (Fsp3) is 0.739. The van der Waals surface area contributed by atoms with Crippen LogP contribution in [0, 0.1) is 0 Å². The Kier molecular flexibility index (Phi) is 11.9. The Labute approximate surface area is 214 Å². The van der Waals surface area contributed by atoms with Crippen molar-refractivity contribution in [3.8, 4) is 0 Å². The Morgan fingerprint density at radius 1 is 0.838 bits per heavy atom. The van der Waals surface area contributed by atoms with E-state index >= 15 is 0 Å². The van der Waals surface area contributed by atoms with E-state index in [2.05, 4.69) is 0 Å². The Bertz CT molecular complexity index is 868. The molecular weight excluding hydrogens is 500 g/mol. The summed E-state index contributed by atoms with van der Waals surface area (Å²) in [6.45, 7) is 7.92. The summed E-state index contributed by atoms with van der Waals surface area (Å²) in [5, 5.41) is 0. The zero-order valence-electron chi connectivity index (χ0n) is 22.1. The lowest BCUT2D eigenvalue weighted by Crippen LogP contribution is -2.66. The first-order valence-electron chi connectivity index (χ1n) is 11.4. The standard InChI is InChI=1S/C23H34O14/c1-11(2)36-23(22(29)30-8)9-17(32-13(4)25)19(34-15(6)27)21(37-23)20(35-16(7)28)18(33-14(5)26)10-31-12(3)24/h11,17-21H,9-10H2,1-8H3/t17-,18+,19+,20-,21+,23+/m0/s1. The van der Waals surface area contributed by atoms with Crippen LogP contribution in [0.25, 0.3) is 0 Å². The van der Waals surface area contributed by atoms with Gasteiger partial charge in [0.25, 0.3) is 5.79 Å². The molecule has 1 aliphatic rings. The smallest absolute Gasteiger partial charge is 0.366 e. The van der Waals surface area contributed by atoms with Gasteiger partial charge in [0.15, 0.2) is 18.3 Å². The Morgan fingerprint density at radius 2 is 1.41 bits per heavy atom. The number of methoxy groups -OCH3 is 1. The molecule has 0 radical (unpaired) electrons. The van der Waals surface area contributed by atoms with Crippen LogP contribution in [-0.2, 0) is 66.7 Å². The van der Waals surface area contributed by atoms with Crippen LogP contribution in [0.15, 0.2) is 0 Å². The van der Waals surface area contributed by atoms with Crippen molar-refractivity contribution in [2.75, 3.05) is 13.7 Å². The summed E-state index contributed by atoms with van der Waals surface area (Å²) in [6, 6.07) is 0. The number of carbonyl (C=O) groups is 6. The van der Waals surface area contributed by atoms with E-state index in [1.54, 1.807) is 13.8 Å². The number of hydrogen-bond donors (Lipinski definition) is 0. The molecule has 0 saturated carbocycles. The second-order valence-corrected chi connectivity index (χ2v) is 8.44. The topological polar surface area (TPSA) is 176 Å². The molecule has 0 aromatic rings. The van der Waals surface area contributed by atoms with E-state index in [-0.39, 0.29) is 0 Å². The molecule has 14 heteroatoms. The molecule has 0 aliphatic carbocycles. The van der Waals surface area contributed by atoms with Crippen LogP contribution in [0.3, 0.4) is 0 Å². The van der Waals surface area contributed by atoms with Gasteiger partial charge in [0, 0.05) is 34.6 Å². The summed E-state index contributed by atoms with van der Waals surface area (Å²) in [5.41, 5.74) is 0. The zero-order chi connectivity index (χ0) is 28.5. The van der Waals surface area contributed by atoms with Gasteiger partial charge in [-0.3, -0.25) is 24.0 Å². The van der Waals surface area contributed by atoms with Crippen molar-refractivity contribution in [3.63, 3.8) is 0 Å². The van der Waals surface area contributed by atoms with Gasteiger partial charge in [0.2, 0.25) is 0 Å². The first kappa shape index (κ1) is 31.8. The molecule has 0 spiro atoms. The molecule has 6 atom stereocenters. The lowest BCUT2D eigenvalue weighted by atomic mass is 9.89. The average Bonchev–Trinajstić information content (AvgIpc) is 2.74. The fourth-order valence-corrected chi connectivity index (χ4v) is 3.78. The Hall–Kier alpha value is -3.26. The molecule has 0 N–H and O–H groups in total. The molecule has 1 fully saturated rings. The lowest BCUT2D eigenvalue weighted by Gasteiger charge is -2.48. The first-order valence-corrected chi connectivity index (χ1v) is 11.4. The molecule has 1 rings (SSSR count). The third-order valence-corrected chi connectivity index (χ3v) is 4.79. The van der Waals surface area contributed by atoms with Gasteiger partial charge in [0.1, 0.15) is 18.8 Å². The van der Waals surface area contributed by atoms with Crippen LogP contribution in [0.4, 0.5) is 0 Å². The maximum Gasteiger partial charge on any atom is 0.366 e. The highest BCUT2D eigenvalue weighted by molar-refractivity contribution is 5.78. The molecule has 0 aromatic carbocycles. The molecule has 0 unspecified atom stereocenters. The summed E-state index contributed by atoms with van der Waals surface area (Å²) in [6.07, 6.45) is -8.77. The summed E-state index contributed by atoms with van der Waals surface area (Å²) >= 11 is 0. The van der Waals surface area contributed by atoms with E-state index in [0.29, 0.717) is 0 Å². The summed E-state index contributed by atoms with van der Waals surface area (Å²) < 4.78 is 43.0. The molecule has 210 valence electrons. The Morgan fingerprint density at radius 3 is 1.84 bits per heavy atom. The number of rotatable bonds is 11. The van der Waals surface area contributed by atoms with E-state index < -0.39 is 91.3 Å². The van der Waals surface area contributed by atoms with Crippen molar-refractivity contribution in [2.45, 2.75) is 97.3 Å². The highest BCUT2D eigenvalue weighted by Gasteiger charge is 2.60. The van der Waals surface area contributed by atoms with E-state index in [1.165, 1.54) is 0 Å². The number of carbonyl (C=O) groups excluding carboxylic acids is 6. The minimum Gasteiger partial charge on any atom is -0.465 e. The van der Waals surface area contributed by atoms with Gasteiger partial charge in [-0.05, 0) is 13.8 Å². The van der Waals surface area contributed by atoms with Crippen molar-refractivity contribution in [3.05, 3.63) is 0 Å². The summed E-state index contributed by atoms with van der Waals surface area (Å²) in [7, 11) is 1.07. The highest BCUT2D eigenvalue weighted by Crippen LogP contribution is 2.38. The molecule has 1 heterocycles. The number of esters is 6. The van der Waals surface area contributed by atoms with Crippen LogP contribution < -0.4 is 0 Å². The minimum absolute atomic E-state index is 0.471. The fourth-order valence-electron chi connectivity index (χ4n) is 3.78. The maximum absolute atomic E-state index is 13.0. The number of ether oxygens (including phenoxy) is 8. The van der Waals surface area contributed by atoms with Crippen LogP contribution in [0.2, 0.25) is 0 Å². The van der Waals surface area contributed by atoms with Crippen molar-refractivity contribution >= 4 is 35.8 Å². The number of hydrogen-bond acceptors (Lipinski definition) is 14. The SMILES string of the molecule is COC(=O)[C@@]1(OC(C)C)C[C@H](OC(C)=O)[C@@H](OC(C)=O)[C@H]([C@@H](OC(C)=O)[C@@H](COC(C)=O)OC(C)=O)O1. The normalized spacial score (nSPS) is 24.7. The van der Waals surface area contributed by atoms with Gasteiger partial charge in [-0.15, -0.1) is 0 Å². The van der Waals surface area contributed by atoms with Crippen LogP contribution >= 0.6 is 0 Å². The van der Waals surface area contributed by atoms with Crippen LogP contribution in [-0.4, -0.2) is 91.9 Å². The highest BCUT2D eigenvalue weighted by atomic mass is 16.8. The van der Waals surface area contributed by atoms with Crippen molar-refractivity contribution in [1.29, 1.82) is 0 Å². The zero-order valence-corrected chi connectivity index (χ0v) is 22.1. The Balaban J connectivity index is 3.81. The van der Waals surface area contributed by atoms with E-state index in [0.717, 1.165) is 41.7 Å². The van der Waals surface area contributed by atoms with Crippen molar-refractivity contribution < 1.29 is 66.7 Å². The third kappa shape index (κ3) is 9.61. The molecule has 1 saturated heterocycles. The quantitative estimate of drug-likeness (QED) is 0.262. The molecule has 0 bridgehead atoms. The predicted octanol–water partition coefficient (Wildman–Crippen LogP) is 0.360. The summed E-state index contributed by atoms with van der Waals surface area (Å²) in [5.74, 6) is -7.38. The molecule has 14 nitrogen and oxygen atoms in total. The minimum atomic E-state index is -2.23. The van der Waals surface area contributed by atoms with E-state index in [4.69, 9.17) is 37.9 Å². The van der Waals surface area contributed by atoms with Crippen LogP contribution in [0.5, 0.6) is 0 Å². The van der Waals surface area contributed by atoms with Gasteiger partial charge >= 0.3 is 35.8 Å². The molecule has 1 aliphatic heterocycles. The van der Waals surface area contributed by atoms with Crippen molar-refractivity contribution in [2.24, 2.45) is 0 Å². The first-order chi connectivity index (χ1) is 17.1. The average molecular weight is 535 g/mol. The molecule has 0 amide bonds. The second-order valence-electron chi connectivity index (χ2n) is 8.44. The molecule has 37 heavy (non-hydrogen) atoms. The monoisotopic (exact) mass is 534 g/mol. The second kappa shape index (κ2) is 13.9. The molecular formula is C23H34O14. The van der Waals surface area contributed by atoms with Crippen LogP contribution in [0.1, 0.15) is 54.9 Å². The van der Waals surface area contributed by atoms with Gasteiger partial charge in [-0.25, -0.2) is 4.79 Å². The van der Waals surface area contributed by atoms with Gasteiger partial charge in [0.05, 0.1) is 19.6 Å². The summed E-state index contributed by atoms with van der Waals surface area (Å²) in [4.78, 5) is 72.4. The maximum atomic E-state index is 13.0. The predicted molar refractivity (Wildman–Crippen MR) is 119 cm³/mol. The third-order valence-electron chi connectivity index (χ3n) is 4.79. The van der Waals surface area contributed by atoms with Gasteiger partial charge < -0.3 is 37.9 Å². The van der Waals surface area contributed by atoms with Gasteiger partial charge in [-0.1, -0.05) is 0 Å². The lowest BCUT2D eigenvalue weighted by molar-refractivity contribution is -0.337.